The van der Waals surface area contributed by atoms with Crippen molar-refractivity contribution in [2.45, 2.75) is 6.67 Å². The largest absolute Gasteiger partial charge is 0.478 e. The molecule has 0 fully saturated rings. The van der Waals surface area contributed by atoms with E-state index in [4.69, 9.17) is 22.0 Å². The van der Waals surface area contributed by atoms with Gasteiger partial charge in [0.2, 0.25) is 0 Å². The fourth-order valence-corrected chi connectivity index (χ4v) is 1.09. The number of hydrogen-bond acceptors (Lipinski definition) is 3. The molecule has 14 heavy (non-hydrogen) atoms. The zero-order valence-electron chi connectivity index (χ0n) is 6.79. The second-order valence-corrected chi connectivity index (χ2v) is 2.73. The van der Waals surface area contributed by atoms with E-state index >= 15 is 0 Å². The normalized spacial score (nSPS) is 9.50. The molecular formula is C8H4ClFN2O2. The summed E-state index contributed by atoms with van der Waals surface area (Å²) < 4.78 is 12.3. The summed E-state index contributed by atoms with van der Waals surface area (Å²) in [7, 11) is 0. The van der Waals surface area contributed by atoms with Crippen LogP contribution in [0, 0.1) is 11.3 Å². The molecule has 0 amide bonds. The Morgan fingerprint density at radius 3 is 2.86 bits per heavy atom. The molecule has 0 atom stereocenters. The molecule has 6 heteroatoms. The summed E-state index contributed by atoms with van der Waals surface area (Å²) in [5.41, 5.74) is -0.698. The summed E-state index contributed by atoms with van der Waals surface area (Å²) in [5.74, 6) is -1.33. The van der Waals surface area contributed by atoms with E-state index in [1.165, 1.54) is 0 Å². The molecule has 0 aliphatic heterocycles. The lowest BCUT2D eigenvalue weighted by molar-refractivity contribution is 0.0694. The van der Waals surface area contributed by atoms with Crippen LogP contribution in [0.25, 0.3) is 0 Å². The zero-order valence-corrected chi connectivity index (χ0v) is 7.55. The molecule has 0 bridgehead atoms. The predicted octanol–water partition coefficient (Wildman–Crippen LogP) is 1.77. The van der Waals surface area contributed by atoms with Crippen molar-refractivity contribution in [2.75, 3.05) is 0 Å². The molecule has 0 spiro atoms. The smallest absolute Gasteiger partial charge is 0.337 e. The van der Waals surface area contributed by atoms with Crippen molar-refractivity contribution in [1.29, 1.82) is 5.26 Å². The average Bonchev–Trinajstić information content (AvgIpc) is 2.16. The van der Waals surface area contributed by atoms with Crippen LogP contribution >= 0.6 is 11.6 Å². The molecule has 1 heterocycles. The minimum atomic E-state index is -1.33. The van der Waals surface area contributed by atoms with E-state index in [1.807, 2.05) is 0 Å². The number of hydrogen-bond donors (Lipinski definition) is 1. The highest BCUT2D eigenvalue weighted by atomic mass is 35.5. The minimum absolute atomic E-state index is 0.0822. The van der Waals surface area contributed by atoms with Crippen molar-refractivity contribution in [3.05, 3.63) is 28.0 Å². The molecule has 4 nitrogen and oxygen atoms in total. The Balaban J connectivity index is 3.42. The van der Waals surface area contributed by atoms with Gasteiger partial charge in [-0.3, -0.25) is 0 Å². The molecule has 0 radical (unpaired) electrons. The van der Waals surface area contributed by atoms with Crippen molar-refractivity contribution >= 4 is 17.6 Å². The zero-order chi connectivity index (χ0) is 10.7. The van der Waals surface area contributed by atoms with Crippen LogP contribution < -0.4 is 0 Å². The summed E-state index contributed by atoms with van der Waals surface area (Å²) in [6.45, 7) is -1.03. The van der Waals surface area contributed by atoms with Crippen LogP contribution in [0.2, 0.25) is 5.15 Å². The number of carbonyl (C=O) groups is 1. The quantitative estimate of drug-likeness (QED) is 0.762. The third kappa shape index (κ3) is 1.80. The lowest BCUT2D eigenvalue weighted by atomic mass is 10.1. The average molecular weight is 215 g/mol. The van der Waals surface area contributed by atoms with E-state index in [0.717, 1.165) is 6.07 Å². The fraction of sp³-hybridized carbons (Fsp3) is 0.125. The number of pyridine rings is 1. The molecule has 1 N–H and O–H groups in total. The molecule has 0 unspecified atom stereocenters. The summed E-state index contributed by atoms with van der Waals surface area (Å²) in [4.78, 5) is 14.1. The van der Waals surface area contributed by atoms with E-state index in [-0.39, 0.29) is 22.0 Å². The van der Waals surface area contributed by atoms with Gasteiger partial charge in [-0.25, -0.2) is 14.2 Å². The van der Waals surface area contributed by atoms with Gasteiger partial charge in [-0.1, -0.05) is 11.6 Å². The molecule has 0 aliphatic carbocycles. The van der Waals surface area contributed by atoms with Crippen LogP contribution in [-0.4, -0.2) is 16.1 Å². The Morgan fingerprint density at radius 2 is 2.43 bits per heavy atom. The third-order valence-corrected chi connectivity index (χ3v) is 1.82. The highest BCUT2D eigenvalue weighted by Crippen LogP contribution is 2.18. The highest BCUT2D eigenvalue weighted by molar-refractivity contribution is 6.30. The molecular weight excluding hydrogens is 211 g/mol. The Hall–Kier alpha value is -1.67. The van der Waals surface area contributed by atoms with Gasteiger partial charge in [-0.2, -0.15) is 5.26 Å². The fourth-order valence-electron chi connectivity index (χ4n) is 0.892. The number of nitriles is 1. The van der Waals surface area contributed by atoms with Gasteiger partial charge in [0.15, 0.2) is 0 Å². The van der Waals surface area contributed by atoms with Crippen molar-refractivity contribution in [3.63, 3.8) is 0 Å². The number of alkyl halides is 1. The van der Waals surface area contributed by atoms with Gasteiger partial charge < -0.3 is 5.11 Å². The topological polar surface area (TPSA) is 74.0 Å². The van der Waals surface area contributed by atoms with Gasteiger partial charge in [-0.15, -0.1) is 0 Å². The van der Waals surface area contributed by atoms with E-state index in [1.54, 1.807) is 6.07 Å². The van der Waals surface area contributed by atoms with Gasteiger partial charge in [-0.05, 0) is 6.07 Å². The van der Waals surface area contributed by atoms with Crippen LogP contribution in [0.3, 0.4) is 0 Å². The molecule has 1 aromatic rings. The lowest BCUT2D eigenvalue weighted by Crippen LogP contribution is -2.05. The molecule has 72 valence electrons. The van der Waals surface area contributed by atoms with Gasteiger partial charge in [0.05, 0.1) is 16.8 Å². The number of nitrogens with zero attached hydrogens (tertiary/aromatic N) is 2. The first-order valence-electron chi connectivity index (χ1n) is 3.49. The number of carboxylic acid groups (broad SMARTS) is 1. The van der Waals surface area contributed by atoms with E-state index in [9.17, 15) is 9.18 Å². The molecule has 1 rings (SSSR count). The summed E-state index contributed by atoms with van der Waals surface area (Å²) in [6, 6.07) is 2.67. The van der Waals surface area contributed by atoms with Gasteiger partial charge in [0.1, 0.15) is 17.9 Å². The second kappa shape index (κ2) is 4.03. The summed E-state index contributed by atoms with van der Waals surface area (Å²) in [5, 5.41) is 17.0. The maximum atomic E-state index is 12.3. The predicted molar refractivity (Wildman–Crippen MR) is 45.7 cm³/mol. The van der Waals surface area contributed by atoms with Crippen molar-refractivity contribution < 1.29 is 14.3 Å². The van der Waals surface area contributed by atoms with Crippen molar-refractivity contribution in [2.24, 2.45) is 0 Å². The van der Waals surface area contributed by atoms with Crippen LogP contribution in [-0.2, 0) is 6.67 Å². The Bertz CT molecular complexity index is 428. The van der Waals surface area contributed by atoms with Crippen molar-refractivity contribution in [1.82, 2.24) is 4.98 Å². The molecule has 0 aliphatic rings. The third-order valence-electron chi connectivity index (χ3n) is 1.53. The number of aromatic carboxylic acids is 1. The maximum absolute atomic E-state index is 12.3. The standard InChI is InChI=1S/C8H4ClFN2O2/c9-7-4(3-11)1-5(8(13)14)6(2-10)12-7/h1H,2H2,(H,13,14). The number of rotatable bonds is 2. The van der Waals surface area contributed by atoms with Crippen LogP contribution in [0.5, 0.6) is 0 Å². The number of carboxylic acids is 1. The first-order valence-corrected chi connectivity index (χ1v) is 3.86. The monoisotopic (exact) mass is 214 g/mol. The summed E-state index contributed by atoms with van der Waals surface area (Å²) in [6.07, 6.45) is 0. The Morgan fingerprint density at radius 1 is 1.79 bits per heavy atom. The minimum Gasteiger partial charge on any atom is -0.478 e. The molecule has 0 saturated heterocycles. The van der Waals surface area contributed by atoms with Gasteiger partial charge >= 0.3 is 5.97 Å². The molecule has 0 aromatic carbocycles. The van der Waals surface area contributed by atoms with Crippen LogP contribution in [0.1, 0.15) is 21.6 Å². The lowest BCUT2D eigenvalue weighted by Gasteiger charge is -2.02. The Labute approximate surface area is 83.6 Å². The second-order valence-electron chi connectivity index (χ2n) is 2.37. The van der Waals surface area contributed by atoms with Crippen molar-refractivity contribution in [3.8, 4) is 6.07 Å². The first kappa shape index (κ1) is 10.4. The van der Waals surface area contributed by atoms with E-state index in [0.29, 0.717) is 0 Å². The Kier molecular flexibility index (Phi) is 2.99. The molecule has 1 aromatic heterocycles. The number of aromatic nitrogens is 1. The maximum Gasteiger partial charge on any atom is 0.337 e. The highest BCUT2D eigenvalue weighted by Gasteiger charge is 2.15. The summed E-state index contributed by atoms with van der Waals surface area (Å²) >= 11 is 5.49. The first-order chi connectivity index (χ1) is 6.60. The van der Waals surface area contributed by atoms with E-state index in [2.05, 4.69) is 4.98 Å². The van der Waals surface area contributed by atoms with E-state index < -0.39 is 12.6 Å². The van der Waals surface area contributed by atoms with Crippen LogP contribution in [0.4, 0.5) is 4.39 Å². The van der Waals surface area contributed by atoms with Gasteiger partial charge in [0.25, 0.3) is 0 Å². The van der Waals surface area contributed by atoms with Crippen LogP contribution in [0.15, 0.2) is 6.07 Å². The molecule has 0 saturated carbocycles. The SMILES string of the molecule is N#Cc1cc(C(=O)O)c(CF)nc1Cl. The number of halogens is 2. The van der Waals surface area contributed by atoms with Gasteiger partial charge in [0, 0.05) is 0 Å².